The van der Waals surface area contributed by atoms with Crippen LogP contribution in [0.25, 0.3) is 0 Å². The minimum absolute atomic E-state index is 0. The lowest BCUT2D eigenvalue weighted by Crippen LogP contribution is -2.36. The summed E-state index contributed by atoms with van der Waals surface area (Å²) in [5.41, 5.74) is 0. The second-order valence-corrected chi connectivity index (χ2v) is 5.71. The molecule has 0 aromatic carbocycles. The second kappa shape index (κ2) is 9.04. The van der Waals surface area contributed by atoms with Crippen LogP contribution in [0.5, 0.6) is 0 Å². The van der Waals surface area contributed by atoms with E-state index < -0.39 is 0 Å². The lowest BCUT2D eigenvalue weighted by Gasteiger charge is -2.11. The summed E-state index contributed by atoms with van der Waals surface area (Å²) in [4.78, 5) is 11.2. The van der Waals surface area contributed by atoms with Crippen LogP contribution in [0.3, 0.4) is 0 Å². The first-order chi connectivity index (χ1) is 9.72. The molecular weight excluding hydrogens is 397 g/mol. The molecule has 2 N–H and O–H groups in total. The van der Waals surface area contributed by atoms with Crippen molar-refractivity contribution in [3.63, 3.8) is 0 Å². The van der Waals surface area contributed by atoms with E-state index in [1.807, 2.05) is 29.1 Å². The van der Waals surface area contributed by atoms with Crippen LogP contribution in [0.1, 0.15) is 22.5 Å². The van der Waals surface area contributed by atoms with Gasteiger partial charge >= 0.3 is 0 Å². The Morgan fingerprint density at radius 1 is 1.29 bits per heavy atom. The van der Waals surface area contributed by atoms with Crippen molar-refractivity contribution in [1.29, 1.82) is 0 Å². The Morgan fingerprint density at radius 2 is 2.00 bits per heavy atom. The zero-order chi connectivity index (χ0) is 14.4. The Hall–Kier alpha value is -1.09. The fourth-order valence-electron chi connectivity index (χ4n) is 1.83. The Morgan fingerprint density at radius 3 is 2.57 bits per heavy atom. The van der Waals surface area contributed by atoms with Gasteiger partial charge in [-0.2, -0.15) is 0 Å². The number of aryl methyl sites for hydroxylation is 2. The van der Waals surface area contributed by atoms with Crippen LogP contribution in [0.15, 0.2) is 29.5 Å². The van der Waals surface area contributed by atoms with Gasteiger partial charge in [0.15, 0.2) is 5.96 Å². The lowest BCUT2D eigenvalue weighted by molar-refractivity contribution is 0.728. The number of imidazole rings is 1. The van der Waals surface area contributed by atoms with Crippen LogP contribution in [-0.2, 0) is 26.6 Å². The molecule has 0 aliphatic heterocycles. The van der Waals surface area contributed by atoms with Gasteiger partial charge in [-0.3, -0.25) is 4.99 Å². The summed E-state index contributed by atoms with van der Waals surface area (Å²) in [5.74, 6) is 1.77. The van der Waals surface area contributed by atoms with Gasteiger partial charge in [-0.25, -0.2) is 4.98 Å². The highest BCUT2D eigenvalue weighted by Crippen LogP contribution is 2.16. The highest BCUT2D eigenvalue weighted by atomic mass is 127. The molecule has 0 radical (unpaired) electrons. The van der Waals surface area contributed by atoms with Crippen LogP contribution in [0.2, 0.25) is 0 Å². The third-order valence-corrected chi connectivity index (χ3v) is 4.28. The third kappa shape index (κ3) is 5.31. The van der Waals surface area contributed by atoms with E-state index in [2.05, 4.69) is 39.7 Å². The van der Waals surface area contributed by atoms with Crippen LogP contribution >= 0.6 is 35.3 Å². The molecule has 7 heteroatoms. The van der Waals surface area contributed by atoms with Crippen LogP contribution in [0, 0.1) is 0 Å². The molecule has 0 unspecified atom stereocenters. The number of rotatable bonds is 5. The number of hydrogen-bond donors (Lipinski definition) is 2. The quantitative estimate of drug-likeness (QED) is 0.445. The Bertz CT molecular complexity index is 575. The molecule has 0 fully saturated rings. The summed E-state index contributed by atoms with van der Waals surface area (Å²) in [6.45, 7) is 3.63. The highest BCUT2D eigenvalue weighted by molar-refractivity contribution is 14.0. The number of aliphatic imine (C=N–C) groups is 1. The number of halogens is 1. The van der Waals surface area contributed by atoms with Gasteiger partial charge in [-0.15, -0.1) is 35.3 Å². The first-order valence-corrected chi connectivity index (χ1v) is 7.53. The van der Waals surface area contributed by atoms with E-state index in [4.69, 9.17) is 0 Å². The van der Waals surface area contributed by atoms with Gasteiger partial charge < -0.3 is 15.2 Å². The maximum atomic E-state index is 4.27. The molecule has 0 spiro atoms. The van der Waals surface area contributed by atoms with Gasteiger partial charge in [0, 0.05) is 36.2 Å². The van der Waals surface area contributed by atoms with Gasteiger partial charge in [0.25, 0.3) is 0 Å². The standard InChI is InChI=1S/C14H21N5S.HI/c1-4-11-5-6-12(20-11)9-17-14(15-2)18-10-13-16-7-8-19(13)3;/h5-8H,4,9-10H2,1-3H3,(H2,15,17,18);1H. The van der Waals surface area contributed by atoms with Crippen LogP contribution in [-0.4, -0.2) is 22.6 Å². The van der Waals surface area contributed by atoms with Gasteiger partial charge in [-0.05, 0) is 18.6 Å². The first-order valence-electron chi connectivity index (χ1n) is 6.71. The van der Waals surface area contributed by atoms with E-state index in [1.54, 1.807) is 13.2 Å². The number of nitrogens with one attached hydrogen (secondary N) is 2. The molecule has 5 nitrogen and oxygen atoms in total. The molecular formula is C14H22IN5S. The zero-order valence-electron chi connectivity index (χ0n) is 12.6. The highest BCUT2D eigenvalue weighted by Gasteiger charge is 2.03. The predicted molar refractivity (Wildman–Crippen MR) is 99.4 cm³/mol. The average Bonchev–Trinajstić information content (AvgIpc) is 3.08. The molecule has 0 bridgehead atoms. The largest absolute Gasteiger partial charge is 0.352 e. The van der Waals surface area contributed by atoms with Gasteiger partial charge in [0.05, 0.1) is 13.1 Å². The minimum atomic E-state index is 0. The third-order valence-electron chi connectivity index (χ3n) is 3.05. The molecule has 0 aliphatic rings. The normalized spacial score (nSPS) is 11.1. The minimum Gasteiger partial charge on any atom is -0.352 e. The van der Waals surface area contributed by atoms with Crippen molar-refractivity contribution in [3.8, 4) is 0 Å². The van der Waals surface area contributed by atoms with Crippen molar-refractivity contribution >= 4 is 41.3 Å². The van der Waals surface area contributed by atoms with Crippen molar-refractivity contribution in [3.05, 3.63) is 40.1 Å². The summed E-state index contributed by atoms with van der Waals surface area (Å²) < 4.78 is 1.99. The van der Waals surface area contributed by atoms with Crippen molar-refractivity contribution < 1.29 is 0 Å². The summed E-state index contributed by atoms with van der Waals surface area (Å²) in [6.07, 6.45) is 4.83. The van der Waals surface area contributed by atoms with Crippen molar-refractivity contribution in [2.24, 2.45) is 12.0 Å². The smallest absolute Gasteiger partial charge is 0.191 e. The molecule has 2 aromatic rings. The number of guanidine groups is 1. The second-order valence-electron chi connectivity index (χ2n) is 4.46. The molecule has 0 atom stereocenters. The fourth-order valence-corrected chi connectivity index (χ4v) is 2.73. The monoisotopic (exact) mass is 419 g/mol. The van der Waals surface area contributed by atoms with E-state index in [9.17, 15) is 0 Å². The first kappa shape index (κ1) is 18.0. The summed E-state index contributed by atoms with van der Waals surface area (Å²) in [5, 5.41) is 6.58. The van der Waals surface area contributed by atoms with E-state index in [0.717, 1.165) is 24.7 Å². The number of aromatic nitrogens is 2. The molecule has 21 heavy (non-hydrogen) atoms. The Kier molecular flexibility index (Phi) is 7.73. The van der Waals surface area contributed by atoms with Crippen molar-refractivity contribution in [2.45, 2.75) is 26.4 Å². The molecule has 2 rings (SSSR count). The average molecular weight is 419 g/mol. The number of nitrogens with zero attached hydrogens (tertiary/aromatic N) is 3. The van der Waals surface area contributed by atoms with E-state index in [1.165, 1.54) is 9.75 Å². The molecule has 2 aromatic heterocycles. The van der Waals surface area contributed by atoms with E-state index in [0.29, 0.717) is 6.54 Å². The maximum absolute atomic E-state index is 4.27. The molecule has 0 amide bonds. The van der Waals surface area contributed by atoms with Crippen LogP contribution < -0.4 is 10.6 Å². The fraction of sp³-hybridized carbons (Fsp3) is 0.429. The Labute approximate surface area is 146 Å². The topological polar surface area (TPSA) is 54.2 Å². The van der Waals surface area contributed by atoms with Crippen LogP contribution in [0.4, 0.5) is 0 Å². The van der Waals surface area contributed by atoms with Gasteiger partial charge in [-0.1, -0.05) is 6.92 Å². The molecule has 0 saturated heterocycles. The van der Waals surface area contributed by atoms with Gasteiger partial charge in [0.1, 0.15) is 5.82 Å². The molecule has 0 aliphatic carbocycles. The summed E-state index contributed by atoms with van der Waals surface area (Å²) in [7, 11) is 3.76. The van der Waals surface area contributed by atoms with E-state index >= 15 is 0 Å². The van der Waals surface area contributed by atoms with Crippen molar-refractivity contribution in [1.82, 2.24) is 20.2 Å². The zero-order valence-corrected chi connectivity index (χ0v) is 15.7. The maximum Gasteiger partial charge on any atom is 0.191 e. The van der Waals surface area contributed by atoms with E-state index in [-0.39, 0.29) is 24.0 Å². The number of thiophene rings is 1. The SMILES string of the molecule is CCc1ccc(CNC(=NC)NCc2nccn2C)s1.I. The molecule has 0 saturated carbocycles. The predicted octanol–water partition coefficient (Wildman–Crippen LogP) is 2.53. The molecule has 116 valence electrons. The number of hydrogen-bond acceptors (Lipinski definition) is 3. The summed E-state index contributed by atoms with van der Waals surface area (Å²) >= 11 is 1.84. The lowest BCUT2D eigenvalue weighted by atomic mass is 10.4. The van der Waals surface area contributed by atoms with Crippen molar-refractivity contribution in [2.75, 3.05) is 7.05 Å². The molecule has 2 heterocycles. The summed E-state index contributed by atoms with van der Waals surface area (Å²) in [6, 6.07) is 4.36. The van der Waals surface area contributed by atoms with Gasteiger partial charge in [0.2, 0.25) is 0 Å². The Balaban J connectivity index is 0.00000220.